The number of alkyl halides is 3. The van der Waals surface area contributed by atoms with Gasteiger partial charge in [0.1, 0.15) is 23.7 Å². The maximum absolute atomic E-state index is 13.1. The molecule has 0 amide bonds. The van der Waals surface area contributed by atoms with Crippen molar-refractivity contribution in [3.63, 3.8) is 0 Å². The molecule has 0 spiro atoms. The topological polar surface area (TPSA) is 102 Å². The van der Waals surface area contributed by atoms with Crippen molar-refractivity contribution >= 4 is 11.9 Å². The molecule has 2 aromatic carbocycles. The molecule has 2 atom stereocenters. The van der Waals surface area contributed by atoms with Crippen molar-refractivity contribution in [1.82, 2.24) is 15.1 Å². The lowest BCUT2D eigenvalue weighted by Gasteiger charge is -2.17. The number of nitrogens with zero attached hydrogens (tertiary/aromatic N) is 4. The van der Waals surface area contributed by atoms with Crippen molar-refractivity contribution < 1.29 is 32.3 Å². The molecule has 1 saturated heterocycles. The van der Waals surface area contributed by atoms with Gasteiger partial charge >= 0.3 is 12.1 Å². The van der Waals surface area contributed by atoms with E-state index in [-0.39, 0.29) is 31.6 Å². The average molecular weight is 524 g/mol. The van der Waals surface area contributed by atoms with Crippen LogP contribution < -0.4 is 9.64 Å². The minimum atomic E-state index is -4.61. The van der Waals surface area contributed by atoms with Gasteiger partial charge in [-0.15, -0.1) is 0 Å². The molecule has 196 valence electrons. The van der Waals surface area contributed by atoms with Gasteiger partial charge in [0.05, 0.1) is 5.92 Å². The third-order valence-corrected chi connectivity index (χ3v) is 6.40. The molecular weight excluding hydrogens is 501 g/mol. The summed E-state index contributed by atoms with van der Waals surface area (Å²) < 4.78 is 50.4. The van der Waals surface area contributed by atoms with Crippen molar-refractivity contribution in [3.05, 3.63) is 89.9 Å². The molecule has 11 heteroatoms. The van der Waals surface area contributed by atoms with Crippen molar-refractivity contribution in [3.8, 4) is 17.1 Å². The van der Waals surface area contributed by atoms with Crippen LogP contribution in [0.4, 0.5) is 19.1 Å². The Hall–Kier alpha value is -4.41. The number of hydrogen-bond donors (Lipinski definition) is 1. The van der Waals surface area contributed by atoms with E-state index < -0.39 is 23.8 Å². The van der Waals surface area contributed by atoms with Crippen LogP contribution in [0.25, 0.3) is 11.3 Å². The molecule has 1 N–H and O–H groups in total. The summed E-state index contributed by atoms with van der Waals surface area (Å²) in [5.41, 5.74) is 1.38. The minimum Gasteiger partial charge on any atom is -0.487 e. The number of aliphatic carboxylic acids is 1. The Kier molecular flexibility index (Phi) is 6.99. The largest absolute Gasteiger partial charge is 0.487 e. The Morgan fingerprint density at radius 3 is 2.55 bits per heavy atom. The molecule has 2 aromatic heterocycles. The van der Waals surface area contributed by atoms with E-state index >= 15 is 0 Å². The molecule has 0 bridgehead atoms. The smallest absolute Gasteiger partial charge is 0.433 e. The van der Waals surface area contributed by atoms with E-state index in [9.17, 15) is 23.1 Å². The maximum Gasteiger partial charge on any atom is 0.433 e. The number of carboxylic acids is 1. The van der Waals surface area contributed by atoms with Crippen molar-refractivity contribution in [2.45, 2.75) is 19.2 Å². The van der Waals surface area contributed by atoms with Crippen LogP contribution in [0, 0.1) is 11.8 Å². The van der Waals surface area contributed by atoms with Gasteiger partial charge < -0.3 is 19.3 Å². The normalized spacial score (nSPS) is 17.5. The monoisotopic (exact) mass is 524 g/mol. The number of carbonyl (C=O) groups is 1. The highest BCUT2D eigenvalue weighted by Crippen LogP contribution is 2.32. The number of rotatable bonds is 8. The predicted octanol–water partition coefficient (Wildman–Crippen LogP) is 5.11. The van der Waals surface area contributed by atoms with Crippen LogP contribution in [0.1, 0.15) is 17.0 Å². The predicted molar refractivity (Wildman–Crippen MR) is 130 cm³/mol. The first-order chi connectivity index (χ1) is 18.3. The molecule has 0 saturated carbocycles. The standard InChI is InChI=1S/C27H23F3N4O4/c28-27(29,30)24-10-11-31-26(32-24)34-14-19(22(15-34)25(35)36)12-17-6-8-21(9-7-17)37-16-20-13-23(38-33-20)18-4-2-1-3-5-18/h1-11,13,19,22H,12,14-16H2,(H,35,36)/t19-,22+/m1/s1. The molecule has 5 rings (SSSR count). The molecule has 0 unspecified atom stereocenters. The SMILES string of the molecule is O=C(O)[C@H]1CN(c2nccc(C(F)(F)F)n2)C[C@H]1Cc1ccc(OCc2cc(-c3ccccc3)on2)cc1. The van der Waals surface area contributed by atoms with Gasteiger partial charge in [-0.25, -0.2) is 9.97 Å². The van der Waals surface area contributed by atoms with Gasteiger partial charge in [-0.3, -0.25) is 4.79 Å². The number of aromatic nitrogens is 3. The van der Waals surface area contributed by atoms with Crippen LogP contribution in [0.5, 0.6) is 5.75 Å². The molecule has 1 aliphatic heterocycles. The fraction of sp³-hybridized carbons (Fsp3) is 0.259. The second-order valence-electron chi connectivity index (χ2n) is 9.03. The van der Waals surface area contributed by atoms with Crippen LogP contribution >= 0.6 is 0 Å². The average Bonchev–Trinajstić information content (AvgIpc) is 3.56. The third kappa shape index (κ3) is 5.77. The summed E-state index contributed by atoms with van der Waals surface area (Å²) in [6.45, 7) is 0.475. The fourth-order valence-electron chi connectivity index (χ4n) is 4.48. The first-order valence-corrected chi connectivity index (χ1v) is 11.9. The van der Waals surface area contributed by atoms with Crippen molar-refractivity contribution in [2.24, 2.45) is 11.8 Å². The van der Waals surface area contributed by atoms with E-state index in [1.807, 2.05) is 48.5 Å². The number of benzene rings is 2. The molecule has 4 aromatic rings. The zero-order chi connectivity index (χ0) is 26.7. The van der Waals surface area contributed by atoms with Gasteiger partial charge in [-0.1, -0.05) is 47.6 Å². The first-order valence-electron chi connectivity index (χ1n) is 11.9. The molecular formula is C27H23F3N4O4. The van der Waals surface area contributed by atoms with Gasteiger partial charge in [-0.05, 0) is 36.1 Å². The molecule has 3 heterocycles. The lowest BCUT2D eigenvalue weighted by molar-refractivity contribution is -0.142. The zero-order valence-corrected chi connectivity index (χ0v) is 20.0. The number of carboxylic acid groups (broad SMARTS) is 1. The Balaban J connectivity index is 1.20. The quantitative estimate of drug-likeness (QED) is 0.339. The minimum absolute atomic E-state index is 0.0329. The summed E-state index contributed by atoms with van der Waals surface area (Å²) in [6.07, 6.45) is -3.14. The zero-order valence-electron chi connectivity index (χ0n) is 20.0. The number of ether oxygens (including phenoxy) is 1. The van der Waals surface area contributed by atoms with Gasteiger partial charge in [0.2, 0.25) is 5.95 Å². The Morgan fingerprint density at radius 1 is 1.08 bits per heavy atom. The van der Waals surface area contributed by atoms with Crippen molar-refractivity contribution in [2.75, 3.05) is 18.0 Å². The van der Waals surface area contributed by atoms with E-state index in [1.165, 1.54) is 4.90 Å². The second-order valence-corrected chi connectivity index (χ2v) is 9.03. The van der Waals surface area contributed by atoms with E-state index in [4.69, 9.17) is 9.26 Å². The van der Waals surface area contributed by atoms with E-state index in [0.717, 1.165) is 23.4 Å². The summed E-state index contributed by atoms with van der Waals surface area (Å²) in [6, 6.07) is 19.5. The van der Waals surface area contributed by atoms with Crippen LogP contribution in [0.3, 0.4) is 0 Å². The number of anilines is 1. The first kappa shape index (κ1) is 25.2. The van der Waals surface area contributed by atoms with Crippen LogP contribution in [-0.2, 0) is 24.0 Å². The summed E-state index contributed by atoms with van der Waals surface area (Å²) >= 11 is 0. The summed E-state index contributed by atoms with van der Waals surface area (Å²) in [5, 5.41) is 13.8. The number of halogens is 3. The summed E-state index contributed by atoms with van der Waals surface area (Å²) in [5.74, 6) is -0.974. The molecule has 38 heavy (non-hydrogen) atoms. The summed E-state index contributed by atoms with van der Waals surface area (Å²) in [7, 11) is 0. The van der Waals surface area contributed by atoms with E-state index in [0.29, 0.717) is 23.6 Å². The second kappa shape index (κ2) is 10.5. The third-order valence-electron chi connectivity index (χ3n) is 6.40. The van der Waals surface area contributed by atoms with Gasteiger partial charge in [0, 0.05) is 30.9 Å². The fourth-order valence-corrected chi connectivity index (χ4v) is 4.48. The lowest BCUT2D eigenvalue weighted by Crippen LogP contribution is -2.25. The van der Waals surface area contributed by atoms with Crippen molar-refractivity contribution in [1.29, 1.82) is 0 Å². The Morgan fingerprint density at radius 2 is 1.84 bits per heavy atom. The van der Waals surface area contributed by atoms with Crippen LogP contribution in [0.2, 0.25) is 0 Å². The molecule has 0 radical (unpaired) electrons. The Bertz CT molecular complexity index is 1390. The lowest BCUT2D eigenvalue weighted by atomic mass is 9.90. The number of hydrogen-bond acceptors (Lipinski definition) is 7. The highest BCUT2D eigenvalue weighted by Gasteiger charge is 2.40. The van der Waals surface area contributed by atoms with E-state index in [2.05, 4.69) is 15.1 Å². The van der Waals surface area contributed by atoms with Gasteiger partial charge in [0.25, 0.3) is 0 Å². The molecule has 8 nitrogen and oxygen atoms in total. The molecule has 0 aliphatic carbocycles. The molecule has 1 aliphatic rings. The van der Waals surface area contributed by atoms with Crippen LogP contribution in [0.15, 0.2) is 77.4 Å². The highest BCUT2D eigenvalue weighted by molar-refractivity contribution is 5.72. The van der Waals surface area contributed by atoms with Gasteiger partial charge in [0.15, 0.2) is 5.76 Å². The summed E-state index contributed by atoms with van der Waals surface area (Å²) in [4.78, 5) is 20.9. The van der Waals surface area contributed by atoms with E-state index in [1.54, 1.807) is 12.1 Å². The highest BCUT2D eigenvalue weighted by atomic mass is 19.4. The van der Waals surface area contributed by atoms with Crippen LogP contribution in [-0.4, -0.2) is 39.3 Å². The Labute approximate surface area is 215 Å². The molecule has 1 fully saturated rings. The van der Waals surface area contributed by atoms with Gasteiger partial charge in [-0.2, -0.15) is 13.2 Å². The maximum atomic E-state index is 13.1.